The fourth-order valence-electron chi connectivity index (χ4n) is 0.865. The van der Waals surface area contributed by atoms with Crippen molar-refractivity contribution in [1.29, 1.82) is 0 Å². The van der Waals surface area contributed by atoms with E-state index in [4.69, 9.17) is 12.2 Å². The van der Waals surface area contributed by atoms with E-state index in [0.717, 1.165) is 5.69 Å². The Kier molecular flexibility index (Phi) is 3.64. The molecular formula is C9H13N3S. The predicted molar refractivity (Wildman–Crippen MR) is 58.7 cm³/mol. The molecule has 1 heterocycles. The Morgan fingerprint density at radius 1 is 1.38 bits per heavy atom. The van der Waals surface area contributed by atoms with Crippen molar-refractivity contribution >= 4 is 23.0 Å². The van der Waals surface area contributed by atoms with Gasteiger partial charge in [0, 0.05) is 24.1 Å². The molecule has 0 saturated carbocycles. The molecule has 0 aliphatic carbocycles. The van der Waals surface area contributed by atoms with Crippen LogP contribution in [0.15, 0.2) is 24.5 Å². The van der Waals surface area contributed by atoms with E-state index in [2.05, 4.69) is 15.6 Å². The van der Waals surface area contributed by atoms with Crippen molar-refractivity contribution in [3.63, 3.8) is 0 Å². The number of nitrogens with zero attached hydrogens (tertiary/aromatic N) is 1. The zero-order chi connectivity index (χ0) is 9.68. The Morgan fingerprint density at radius 3 is 2.54 bits per heavy atom. The second-order valence-electron chi connectivity index (χ2n) is 2.99. The summed E-state index contributed by atoms with van der Waals surface area (Å²) in [6.45, 7) is 4.08. The molecule has 0 bridgehead atoms. The van der Waals surface area contributed by atoms with Gasteiger partial charge in [-0.25, -0.2) is 0 Å². The third-order valence-electron chi connectivity index (χ3n) is 1.36. The second-order valence-corrected chi connectivity index (χ2v) is 3.40. The lowest BCUT2D eigenvalue weighted by Crippen LogP contribution is -2.33. The molecule has 1 aromatic rings. The summed E-state index contributed by atoms with van der Waals surface area (Å²) in [6.07, 6.45) is 3.45. The number of nitrogens with one attached hydrogen (secondary N) is 2. The highest BCUT2D eigenvalue weighted by Gasteiger charge is 1.97. The number of pyridine rings is 1. The Morgan fingerprint density at radius 2 is 2.00 bits per heavy atom. The van der Waals surface area contributed by atoms with E-state index in [1.165, 1.54) is 0 Å². The summed E-state index contributed by atoms with van der Waals surface area (Å²) in [7, 11) is 0. The Bertz CT molecular complexity index is 271. The minimum Gasteiger partial charge on any atom is -0.360 e. The molecule has 0 saturated heterocycles. The SMILES string of the molecule is CC(C)NC(=S)Nc1ccncc1. The van der Waals surface area contributed by atoms with Crippen molar-refractivity contribution < 1.29 is 0 Å². The van der Waals surface area contributed by atoms with Gasteiger partial charge in [-0.2, -0.15) is 0 Å². The van der Waals surface area contributed by atoms with Crippen LogP contribution in [0, 0.1) is 0 Å². The molecule has 0 aliphatic heterocycles. The van der Waals surface area contributed by atoms with Crippen molar-refractivity contribution in [3.8, 4) is 0 Å². The lowest BCUT2D eigenvalue weighted by atomic mass is 10.4. The zero-order valence-electron chi connectivity index (χ0n) is 7.74. The molecule has 0 atom stereocenters. The van der Waals surface area contributed by atoms with Gasteiger partial charge in [-0.3, -0.25) is 4.98 Å². The van der Waals surface area contributed by atoms with E-state index in [0.29, 0.717) is 11.2 Å². The van der Waals surface area contributed by atoms with Crippen molar-refractivity contribution in [3.05, 3.63) is 24.5 Å². The van der Waals surface area contributed by atoms with Gasteiger partial charge in [0.2, 0.25) is 0 Å². The summed E-state index contributed by atoms with van der Waals surface area (Å²) in [5, 5.41) is 6.78. The van der Waals surface area contributed by atoms with Gasteiger partial charge in [-0.15, -0.1) is 0 Å². The largest absolute Gasteiger partial charge is 0.360 e. The topological polar surface area (TPSA) is 37.0 Å². The molecule has 0 aromatic carbocycles. The summed E-state index contributed by atoms with van der Waals surface area (Å²) in [5.74, 6) is 0. The lowest BCUT2D eigenvalue weighted by Gasteiger charge is -2.12. The van der Waals surface area contributed by atoms with E-state index >= 15 is 0 Å². The molecule has 4 heteroatoms. The molecule has 1 rings (SSSR count). The maximum absolute atomic E-state index is 5.07. The standard InChI is InChI=1S/C9H13N3S/c1-7(2)11-9(13)12-8-3-5-10-6-4-8/h3-7H,1-2H3,(H2,10,11,12,13). The van der Waals surface area contributed by atoms with Crippen molar-refractivity contribution in [1.82, 2.24) is 10.3 Å². The highest BCUT2D eigenvalue weighted by atomic mass is 32.1. The Labute approximate surface area is 83.6 Å². The van der Waals surface area contributed by atoms with Crippen LogP contribution < -0.4 is 10.6 Å². The molecule has 0 amide bonds. The monoisotopic (exact) mass is 195 g/mol. The third kappa shape index (κ3) is 3.85. The van der Waals surface area contributed by atoms with Crippen LogP contribution in [0.5, 0.6) is 0 Å². The van der Waals surface area contributed by atoms with Crippen LogP contribution in [-0.4, -0.2) is 16.1 Å². The van der Waals surface area contributed by atoms with Gasteiger partial charge in [0.1, 0.15) is 0 Å². The van der Waals surface area contributed by atoms with E-state index in [9.17, 15) is 0 Å². The molecule has 70 valence electrons. The molecule has 0 radical (unpaired) electrons. The number of hydrogen-bond donors (Lipinski definition) is 2. The fraction of sp³-hybridized carbons (Fsp3) is 0.333. The van der Waals surface area contributed by atoms with Gasteiger partial charge in [-0.1, -0.05) is 0 Å². The highest BCUT2D eigenvalue weighted by Crippen LogP contribution is 2.02. The molecular weight excluding hydrogens is 182 g/mol. The van der Waals surface area contributed by atoms with Crippen LogP contribution in [0.3, 0.4) is 0 Å². The number of aromatic nitrogens is 1. The maximum atomic E-state index is 5.07. The number of anilines is 1. The normalized spacial score (nSPS) is 9.77. The van der Waals surface area contributed by atoms with Gasteiger partial charge >= 0.3 is 0 Å². The van der Waals surface area contributed by atoms with Crippen LogP contribution >= 0.6 is 12.2 Å². The number of rotatable bonds is 2. The summed E-state index contributed by atoms with van der Waals surface area (Å²) in [6, 6.07) is 4.09. The average Bonchev–Trinajstić information content (AvgIpc) is 2.04. The van der Waals surface area contributed by atoms with Crippen LogP contribution in [0.25, 0.3) is 0 Å². The van der Waals surface area contributed by atoms with E-state index in [1.807, 2.05) is 26.0 Å². The third-order valence-corrected chi connectivity index (χ3v) is 1.58. The average molecular weight is 195 g/mol. The summed E-state index contributed by atoms with van der Waals surface area (Å²) >= 11 is 5.07. The van der Waals surface area contributed by atoms with Crippen LogP contribution in [0.1, 0.15) is 13.8 Å². The first kappa shape index (κ1) is 9.92. The van der Waals surface area contributed by atoms with Gasteiger partial charge in [-0.05, 0) is 38.2 Å². The Hall–Kier alpha value is -1.16. The second kappa shape index (κ2) is 4.77. The molecule has 13 heavy (non-hydrogen) atoms. The zero-order valence-corrected chi connectivity index (χ0v) is 8.56. The molecule has 1 aromatic heterocycles. The van der Waals surface area contributed by atoms with Gasteiger partial charge in [0.15, 0.2) is 5.11 Å². The lowest BCUT2D eigenvalue weighted by molar-refractivity contribution is 0.739. The minimum atomic E-state index is 0.349. The Balaban J connectivity index is 2.46. The first-order valence-corrected chi connectivity index (χ1v) is 4.57. The first-order chi connectivity index (χ1) is 6.18. The van der Waals surface area contributed by atoms with Crippen molar-refractivity contribution in [2.45, 2.75) is 19.9 Å². The van der Waals surface area contributed by atoms with Crippen LogP contribution in [0.2, 0.25) is 0 Å². The molecule has 3 nitrogen and oxygen atoms in total. The summed E-state index contributed by atoms with van der Waals surface area (Å²) in [4.78, 5) is 3.91. The first-order valence-electron chi connectivity index (χ1n) is 4.16. The maximum Gasteiger partial charge on any atom is 0.170 e. The highest BCUT2D eigenvalue weighted by molar-refractivity contribution is 7.80. The van der Waals surface area contributed by atoms with Crippen molar-refractivity contribution in [2.75, 3.05) is 5.32 Å². The van der Waals surface area contributed by atoms with Crippen LogP contribution in [0.4, 0.5) is 5.69 Å². The molecule has 2 N–H and O–H groups in total. The predicted octanol–water partition coefficient (Wildman–Crippen LogP) is 1.78. The summed E-state index contributed by atoms with van der Waals surface area (Å²) in [5.41, 5.74) is 0.952. The minimum absolute atomic E-state index is 0.349. The van der Waals surface area contributed by atoms with E-state index in [-0.39, 0.29) is 0 Å². The molecule has 0 unspecified atom stereocenters. The van der Waals surface area contributed by atoms with E-state index < -0.39 is 0 Å². The quantitative estimate of drug-likeness (QED) is 0.705. The van der Waals surface area contributed by atoms with Gasteiger partial charge in [0.25, 0.3) is 0 Å². The summed E-state index contributed by atoms with van der Waals surface area (Å²) < 4.78 is 0. The van der Waals surface area contributed by atoms with Crippen molar-refractivity contribution in [2.24, 2.45) is 0 Å². The van der Waals surface area contributed by atoms with Gasteiger partial charge in [0.05, 0.1) is 0 Å². The smallest absolute Gasteiger partial charge is 0.170 e. The number of hydrogen-bond acceptors (Lipinski definition) is 2. The molecule has 0 fully saturated rings. The number of thiocarbonyl (C=S) groups is 1. The van der Waals surface area contributed by atoms with E-state index in [1.54, 1.807) is 12.4 Å². The van der Waals surface area contributed by atoms with Gasteiger partial charge < -0.3 is 10.6 Å². The van der Waals surface area contributed by atoms with Crippen LogP contribution in [-0.2, 0) is 0 Å². The molecule has 0 aliphatic rings. The molecule has 0 spiro atoms. The fourth-order valence-corrected chi connectivity index (χ4v) is 1.22.